The molecule has 0 radical (unpaired) electrons. The molecule has 0 fully saturated rings. The fraction of sp³-hybridized carbons (Fsp3) is 0.429. The number of aliphatic hydroxyl groups excluding tert-OH is 1. The van der Waals surface area contributed by atoms with E-state index in [1.165, 1.54) is 16.1 Å². The highest BCUT2D eigenvalue weighted by atomic mass is 32.1. The molecule has 0 spiro atoms. The molecular weight excluding hydrogens is 202 g/mol. The predicted octanol–water partition coefficient (Wildman–Crippen LogP) is 0.0567. The van der Waals surface area contributed by atoms with Gasteiger partial charge in [0.25, 0.3) is 0 Å². The number of nitrogens with zero attached hydrogens (tertiary/aromatic N) is 5. The van der Waals surface area contributed by atoms with Crippen LogP contribution in [0.15, 0.2) is 5.38 Å². The predicted molar refractivity (Wildman–Crippen MR) is 49.7 cm³/mol. The zero-order valence-corrected chi connectivity index (χ0v) is 8.56. The third-order valence-corrected chi connectivity index (χ3v) is 2.65. The Morgan fingerprint density at radius 2 is 2.36 bits per heavy atom. The molecule has 0 saturated heterocycles. The Bertz CT molecular complexity index is 396. The minimum atomic E-state index is -0.873. The van der Waals surface area contributed by atoms with Gasteiger partial charge in [0.05, 0.1) is 7.05 Å². The van der Waals surface area contributed by atoms with Crippen LogP contribution >= 0.6 is 11.3 Å². The van der Waals surface area contributed by atoms with Gasteiger partial charge in [-0.05, 0) is 12.1 Å². The molecule has 2 aromatic heterocycles. The van der Waals surface area contributed by atoms with E-state index in [9.17, 15) is 5.11 Å². The lowest BCUT2D eigenvalue weighted by Crippen LogP contribution is -2.02. The number of tetrazole rings is 1. The van der Waals surface area contributed by atoms with E-state index in [-0.39, 0.29) is 5.82 Å². The maximum absolute atomic E-state index is 9.79. The summed E-state index contributed by atoms with van der Waals surface area (Å²) < 4.78 is 0. The van der Waals surface area contributed by atoms with Crippen LogP contribution in [0.3, 0.4) is 0 Å². The molecule has 0 saturated carbocycles. The van der Waals surface area contributed by atoms with Crippen molar-refractivity contribution in [1.82, 2.24) is 25.2 Å². The second-order valence-corrected chi connectivity index (χ2v) is 3.76. The van der Waals surface area contributed by atoms with E-state index >= 15 is 0 Å². The lowest BCUT2D eigenvalue weighted by atomic mass is 10.3. The maximum atomic E-state index is 9.79. The van der Waals surface area contributed by atoms with Gasteiger partial charge in [0.1, 0.15) is 5.01 Å². The lowest BCUT2D eigenvalue weighted by Gasteiger charge is -1.99. The van der Waals surface area contributed by atoms with E-state index in [1.54, 1.807) is 7.05 Å². The molecule has 1 N–H and O–H groups in total. The van der Waals surface area contributed by atoms with Gasteiger partial charge >= 0.3 is 0 Å². The minimum absolute atomic E-state index is 0.279. The fourth-order valence-corrected chi connectivity index (χ4v) is 1.79. The van der Waals surface area contributed by atoms with Crippen molar-refractivity contribution in [1.29, 1.82) is 0 Å². The molecule has 1 unspecified atom stereocenters. The van der Waals surface area contributed by atoms with Gasteiger partial charge in [-0.1, -0.05) is 0 Å². The molecule has 7 heteroatoms. The van der Waals surface area contributed by atoms with Crippen molar-refractivity contribution in [3.8, 4) is 0 Å². The van der Waals surface area contributed by atoms with Crippen LogP contribution in [0.25, 0.3) is 0 Å². The van der Waals surface area contributed by atoms with Crippen molar-refractivity contribution in [3.63, 3.8) is 0 Å². The maximum Gasteiger partial charge on any atom is 0.210 e. The monoisotopic (exact) mass is 211 g/mol. The molecule has 0 bridgehead atoms. The first-order chi connectivity index (χ1) is 6.66. The molecule has 2 rings (SSSR count). The Labute approximate surface area is 84.2 Å². The summed E-state index contributed by atoms with van der Waals surface area (Å²) >= 11 is 1.38. The van der Waals surface area contributed by atoms with Gasteiger partial charge in [-0.25, -0.2) is 4.98 Å². The molecule has 0 amide bonds. The topological polar surface area (TPSA) is 76.7 Å². The van der Waals surface area contributed by atoms with Crippen molar-refractivity contribution < 1.29 is 5.11 Å². The molecule has 2 heterocycles. The molecule has 1 atom stereocenters. The van der Waals surface area contributed by atoms with Crippen molar-refractivity contribution >= 4 is 11.3 Å². The number of aryl methyl sites for hydroxylation is 2. The average Bonchev–Trinajstić information content (AvgIpc) is 2.73. The summed E-state index contributed by atoms with van der Waals surface area (Å²) in [5.41, 5.74) is 0.882. The van der Waals surface area contributed by atoms with Crippen LogP contribution in [0.2, 0.25) is 0 Å². The number of aromatic nitrogens is 5. The number of rotatable bonds is 2. The largest absolute Gasteiger partial charge is 0.378 e. The highest BCUT2D eigenvalue weighted by Gasteiger charge is 2.18. The smallest absolute Gasteiger partial charge is 0.210 e. The summed E-state index contributed by atoms with van der Waals surface area (Å²) in [6, 6.07) is 0. The van der Waals surface area contributed by atoms with Crippen LogP contribution < -0.4 is 0 Å². The van der Waals surface area contributed by atoms with E-state index in [0.29, 0.717) is 5.01 Å². The lowest BCUT2D eigenvalue weighted by molar-refractivity contribution is 0.209. The van der Waals surface area contributed by atoms with Crippen LogP contribution in [0.1, 0.15) is 22.6 Å². The van der Waals surface area contributed by atoms with Gasteiger partial charge in [-0.15, -0.1) is 21.5 Å². The minimum Gasteiger partial charge on any atom is -0.378 e. The van der Waals surface area contributed by atoms with Crippen LogP contribution in [0.4, 0.5) is 0 Å². The van der Waals surface area contributed by atoms with Gasteiger partial charge in [-0.3, -0.25) is 0 Å². The zero-order chi connectivity index (χ0) is 10.1. The van der Waals surface area contributed by atoms with Gasteiger partial charge in [0, 0.05) is 11.1 Å². The summed E-state index contributed by atoms with van der Waals surface area (Å²) in [6.45, 7) is 1.87. The Morgan fingerprint density at radius 3 is 2.86 bits per heavy atom. The van der Waals surface area contributed by atoms with Crippen LogP contribution in [0.5, 0.6) is 0 Å². The van der Waals surface area contributed by atoms with Crippen LogP contribution in [-0.2, 0) is 7.05 Å². The van der Waals surface area contributed by atoms with Crippen molar-refractivity contribution in [2.75, 3.05) is 0 Å². The molecular formula is C7H9N5OS. The summed E-state index contributed by atoms with van der Waals surface area (Å²) in [5.74, 6) is 0.279. The quantitative estimate of drug-likeness (QED) is 0.760. The second-order valence-electron chi connectivity index (χ2n) is 2.87. The number of hydrogen-bond acceptors (Lipinski definition) is 6. The highest BCUT2D eigenvalue weighted by Crippen LogP contribution is 2.21. The second kappa shape index (κ2) is 3.43. The molecule has 0 aliphatic carbocycles. The van der Waals surface area contributed by atoms with E-state index in [2.05, 4.69) is 20.4 Å². The third-order valence-electron chi connectivity index (χ3n) is 1.64. The van der Waals surface area contributed by atoms with Gasteiger partial charge in [-0.2, -0.15) is 4.80 Å². The highest BCUT2D eigenvalue weighted by molar-refractivity contribution is 7.09. The van der Waals surface area contributed by atoms with E-state index < -0.39 is 6.10 Å². The van der Waals surface area contributed by atoms with Crippen molar-refractivity contribution in [3.05, 3.63) is 21.9 Å². The van der Waals surface area contributed by atoms with E-state index in [0.717, 1.165) is 5.69 Å². The summed E-state index contributed by atoms with van der Waals surface area (Å²) in [5, 5.41) is 23.5. The molecule has 0 aliphatic heterocycles. The molecule has 14 heavy (non-hydrogen) atoms. The molecule has 74 valence electrons. The molecule has 6 nitrogen and oxygen atoms in total. The SMILES string of the molecule is Cc1csc(C(O)c2nnn(C)n2)n1. The molecule has 2 aromatic rings. The first kappa shape index (κ1) is 9.22. The molecule has 0 aliphatic rings. The van der Waals surface area contributed by atoms with Gasteiger partial charge in [0.2, 0.25) is 5.82 Å². The summed E-state index contributed by atoms with van der Waals surface area (Å²) in [4.78, 5) is 5.45. The zero-order valence-electron chi connectivity index (χ0n) is 7.75. The van der Waals surface area contributed by atoms with Gasteiger partial charge in [0.15, 0.2) is 6.10 Å². The normalized spacial score (nSPS) is 13.1. The van der Waals surface area contributed by atoms with Crippen LogP contribution in [0, 0.1) is 6.92 Å². The average molecular weight is 211 g/mol. The Balaban J connectivity index is 2.28. The standard InChI is InChI=1S/C7H9N5OS/c1-4-3-14-7(8-4)5(13)6-9-11-12(2)10-6/h3,5,13H,1-2H3. The number of hydrogen-bond donors (Lipinski definition) is 1. The third kappa shape index (κ3) is 1.64. The Hall–Kier alpha value is -1.34. The number of aliphatic hydroxyl groups is 1. The van der Waals surface area contributed by atoms with E-state index in [1.807, 2.05) is 12.3 Å². The summed E-state index contributed by atoms with van der Waals surface area (Å²) in [7, 11) is 1.65. The van der Waals surface area contributed by atoms with Crippen molar-refractivity contribution in [2.24, 2.45) is 7.05 Å². The summed E-state index contributed by atoms with van der Waals surface area (Å²) in [6.07, 6.45) is -0.873. The number of thiazole rings is 1. The van der Waals surface area contributed by atoms with Gasteiger partial charge < -0.3 is 5.11 Å². The Morgan fingerprint density at radius 1 is 1.57 bits per heavy atom. The van der Waals surface area contributed by atoms with Crippen molar-refractivity contribution in [2.45, 2.75) is 13.0 Å². The van der Waals surface area contributed by atoms with E-state index in [4.69, 9.17) is 0 Å². The van der Waals surface area contributed by atoms with Crippen LogP contribution in [-0.4, -0.2) is 30.3 Å². The Kier molecular flexibility index (Phi) is 2.26. The molecule has 0 aromatic carbocycles. The fourth-order valence-electron chi connectivity index (χ4n) is 1.02. The first-order valence-corrected chi connectivity index (χ1v) is 4.89. The first-order valence-electron chi connectivity index (χ1n) is 4.01.